The Kier molecular flexibility index (Phi) is 43.7. The normalized spacial score (nSPS) is 11.6. The number of hydrogen-bond acceptors (Lipinski definition) is 19. The summed E-state index contributed by atoms with van der Waals surface area (Å²) >= 11 is 0. The van der Waals surface area contributed by atoms with Crippen molar-refractivity contribution in [3.63, 3.8) is 0 Å². The quantitative estimate of drug-likeness (QED) is 0.0685. The Morgan fingerprint density at radius 3 is 0.871 bits per heavy atom. The van der Waals surface area contributed by atoms with Crippen molar-refractivity contribution >= 4 is 6.29 Å². The molecule has 0 unspecified atom stereocenters. The molecule has 0 aliphatic carbocycles. The molecule has 0 N–H and O–H groups in total. The third-order valence-corrected chi connectivity index (χ3v) is 8.17. The summed E-state index contributed by atoms with van der Waals surface area (Å²) in [5.41, 5.74) is 0.444. The van der Waals surface area contributed by atoms with Gasteiger partial charge < -0.3 is 85.3 Å². The Labute approximate surface area is 369 Å². The van der Waals surface area contributed by atoms with Gasteiger partial charge in [-0.3, -0.25) is 4.79 Å². The summed E-state index contributed by atoms with van der Waals surface area (Å²) in [7, 11) is 6.52. The first-order chi connectivity index (χ1) is 30.7. The van der Waals surface area contributed by atoms with Gasteiger partial charge in [-0.25, -0.2) is 0 Å². The standard InChI is InChI=1S/C43H78O19/c1-45-7-11-49-15-19-53-23-27-57-33-40(34-58-28-24-54-20-16-50-12-8-46-2)37-61-42-6-5-39(32-44)31-43(42)62-38-41(35-59-29-25-55-21-17-51-13-9-47-3)36-60-30-26-56-22-18-52-14-10-48-4/h5-6,31-32,40-41H,7-30,33-38H2,1-4H3. The molecule has 0 amide bonds. The maximum Gasteiger partial charge on any atom is 0.161 e. The first kappa shape index (κ1) is 57.9. The predicted molar refractivity (Wildman–Crippen MR) is 227 cm³/mol. The molecule has 0 saturated heterocycles. The second-order valence-corrected chi connectivity index (χ2v) is 13.3. The van der Waals surface area contributed by atoms with Gasteiger partial charge >= 0.3 is 0 Å². The van der Waals surface area contributed by atoms with E-state index < -0.39 is 0 Å². The average Bonchev–Trinajstić information content (AvgIpc) is 3.29. The van der Waals surface area contributed by atoms with Crippen LogP contribution in [0, 0.1) is 11.8 Å². The second-order valence-electron chi connectivity index (χ2n) is 13.3. The summed E-state index contributed by atoms with van der Waals surface area (Å²) in [5.74, 6) is 0.578. The van der Waals surface area contributed by atoms with E-state index in [0.717, 1.165) is 6.29 Å². The van der Waals surface area contributed by atoms with Crippen LogP contribution in [0.1, 0.15) is 10.4 Å². The maximum absolute atomic E-state index is 11.8. The van der Waals surface area contributed by atoms with Crippen molar-refractivity contribution in [3.8, 4) is 11.5 Å². The molecular formula is C43H78O19. The number of rotatable bonds is 51. The molecule has 0 heterocycles. The molecule has 62 heavy (non-hydrogen) atoms. The summed E-state index contributed by atoms with van der Waals surface area (Å²) in [5, 5.41) is 0. The number of hydrogen-bond donors (Lipinski definition) is 0. The fourth-order valence-corrected chi connectivity index (χ4v) is 4.86. The Bertz CT molecular complexity index is 1030. The molecule has 0 bridgehead atoms. The number of aldehydes is 1. The molecule has 0 aliphatic rings. The molecule has 0 saturated carbocycles. The minimum Gasteiger partial charge on any atom is -0.489 e. The van der Waals surface area contributed by atoms with Crippen molar-refractivity contribution in [1.29, 1.82) is 0 Å². The zero-order chi connectivity index (χ0) is 44.7. The van der Waals surface area contributed by atoms with Crippen molar-refractivity contribution < 1.29 is 90.1 Å². The van der Waals surface area contributed by atoms with E-state index in [1.807, 2.05) is 0 Å². The van der Waals surface area contributed by atoms with Crippen molar-refractivity contribution in [3.05, 3.63) is 23.8 Å². The minimum atomic E-state index is -0.162. The van der Waals surface area contributed by atoms with Gasteiger partial charge in [0.2, 0.25) is 0 Å². The highest BCUT2D eigenvalue weighted by Gasteiger charge is 2.17. The van der Waals surface area contributed by atoms with Gasteiger partial charge in [-0.1, -0.05) is 0 Å². The number of carbonyl (C=O) groups excluding carboxylic acids is 1. The van der Waals surface area contributed by atoms with Gasteiger partial charge in [0.1, 0.15) is 6.29 Å². The smallest absolute Gasteiger partial charge is 0.161 e. The molecule has 1 aromatic rings. The number of carbonyl (C=O) groups is 1. The highest BCUT2D eigenvalue weighted by Crippen LogP contribution is 2.29. The molecule has 0 radical (unpaired) electrons. The first-order valence-corrected chi connectivity index (χ1v) is 21.4. The van der Waals surface area contributed by atoms with E-state index in [1.165, 1.54) is 0 Å². The van der Waals surface area contributed by atoms with Gasteiger partial charge in [0.15, 0.2) is 11.5 Å². The third kappa shape index (κ3) is 37.2. The van der Waals surface area contributed by atoms with Crippen LogP contribution >= 0.6 is 0 Å². The van der Waals surface area contributed by atoms with Crippen LogP contribution in [0.15, 0.2) is 18.2 Å². The van der Waals surface area contributed by atoms with E-state index in [4.69, 9.17) is 85.3 Å². The van der Waals surface area contributed by atoms with E-state index in [0.29, 0.717) is 202 Å². The fourth-order valence-electron chi connectivity index (χ4n) is 4.86. The van der Waals surface area contributed by atoms with Gasteiger partial charge in [0.25, 0.3) is 0 Å². The van der Waals surface area contributed by atoms with Crippen molar-refractivity contribution in [1.82, 2.24) is 0 Å². The molecule has 364 valence electrons. The van der Waals surface area contributed by atoms with E-state index in [1.54, 1.807) is 46.6 Å². The molecule has 0 atom stereocenters. The van der Waals surface area contributed by atoms with Gasteiger partial charge in [-0.05, 0) is 18.2 Å². The maximum atomic E-state index is 11.8. The molecule has 19 heteroatoms. The van der Waals surface area contributed by atoms with E-state index in [9.17, 15) is 4.79 Å². The Morgan fingerprint density at radius 1 is 0.339 bits per heavy atom. The number of ether oxygens (including phenoxy) is 18. The lowest BCUT2D eigenvalue weighted by Gasteiger charge is -2.21. The van der Waals surface area contributed by atoms with Crippen LogP contribution in [-0.4, -0.2) is 233 Å². The lowest BCUT2D eigenvalue weighted by Crippen LogP contribution is -2.26. The lowest BCUT2D eigenvalue weighted by molar-refractivity contribution is -0.0292. The van der Waals surface area contributed by atoms with Crippen molar-refractivity contribution in [2.45, 2.75) is 0 Å². The van der Waals surface area contributed by atoms with Crippen LogP contribution in [0.5, 0.6) is 11.5 Å². The topological polar surface area (TPSA) is 183 Å². The third-order valence-electron chi connectivity index (χ3n) is 8.17. The molecule has 0 aliphatic heterocycles. The van der Waals surface area contributed by atoms with Crippen LogP contribution in [0.3, 0.4) is 0 Å². The average molecular weight is 899 g/mol. The van der Waals surface area contributed by atoms with Crippen LogP contribution < -0.4 is 9.47 Å². The van der Waals surface area contributed by atoms with Crippen LogP contribution in [-0.2, 0) is 75.8 Å². The minimum absolute atomic E-state index is 0.142. The van der Waals surface area contributed by atoms with Crippen molar-refractivity contribution in [2.75, 3.05) is 227 Å². The molecule has 0 fully saturated rings. The monoisotopic (exact) mass is 899 g/mol. The zero-order valence-electron chi connectivity index (χ0n) is 37.9. The predicted octanol–water partition coefficient (Wildman–Crippen LogP) is 2.27. The summed E-state index contributed by atoms with van der Waals surface area (Å²) in [6.45, 7) is 13.0. The number of benzene rings is 1. The number of methoxy groups -OCH3 is 4. The Balaban J connectivity index is 2.77. The summed E-state index contributed by atoms with van der Waals surface area (Å²) in [6.07, 6.45) is 0.762. The zero-order valence-corrected chi connectivity index (χ0v) is 37.9. The molecule has 1 rings (SSSR count). The second kappa shape index (κ2) is 46.8. The van der Waals surface area contributed by atoms with Crippen LogP contribution in [0.4, 0.5) is 0 Å². The van der Waals surface area contributed by atoms with E-state index in [-0.39, 0.29) is 25.0 Å². The van der Waals surface area contributed by atoms with Crippen molar-refractivity contribution in [2.24, 2.45) is 11.8 Å². The largest absolute Gasteiger partial charge is 0.489 e. The van der Waals surface area contributed by atoms with E-state index in [2.05, 4.69) is 0 Å². The molecule has 1 aromatic carbocycles. The summed E-state index contributed by atoms with van der Waals surface area (Å²) in [6, 6.07) is 5.05. The molecule has 0 aromatic heterocycles. The summed E-state index contributed by atoms with van der Waals surface area (Å²) in [4.78, 5) is 11.8. The molecule has 19 nitrogen and oxygen atoms in total. The first-order valence-electron chi connectivity index (χ1n) is 21.4. The molecule has 0 spiro atoms. The fraction of sp³-hybridized carbons (Fsp3) is 0.837. The van der Waals surface area contributed by atoms with Gasteiger partial charge in [-0.15, -0.1) is 0 Å². The van der Waals surface area contributed by atoms with E-state index >= 15 is 0 Å². The lowest BCUT2D eigenvalue weighted by atomic mass is 10.2. The van der Waals surface area contributed by atoms with Crippen LogP contribution in [0.25, 0.3) is 0 Å². The van der Waals surface area contributed by atoms with Gasteiger partial charge in [0, 0.05) is 45.8 Å². The Morgan fingerprint density at radius 2 is 0.597 bits per heavy atom. The Hall–Kier alpha value is -2.15. The highest BCUT2D eigenvalue weighted by molar-refractivity contribution is 5.76. The van der Waals surface area contributed by atoms with Gasteiger partial charge in [-0.2, -0.15) is 0 Å². The SMILES string of the molecule is COCCOCCOCCOCC(COCCOCCOCCOC)COc1ccc(C=O)cc1OCC(COCCOCCOCCOC)COCCOCCOCCOC. The van der Waals surface area contributed by atoms with Gasteiger partial charge in [0.05, 0.1) is 198 Å². The highest BCUT2D eigenvalue weighted by atomic mass is 16.6. The summed E-state index contributed by atoms with van der Waals surface area (Å²) < 4.78 is 100. The van der Waals surface area contributed by atoms with Crippen LogP contribution in [0.2, 0.25) is 0 Å². The molecular weight excluding hydrogens is 820 g/mol.